The summed E-state index contributed by atoms with van der Waals surface area (Å²) in [5.41, 5.74) is 0. The molecule has 15 heavy (non-hydrogen) atoms. The van der Waals surface area contributed by atoms with Crippen LogP contribution in [0.3, 0.4) is 0 Å². The van der Waals surface area contributed by atoms with Gasteiger partial charge in [-0.25, -0.2) is 0 Å². The maximum absolute atomic E-state index is 5.72. The van der Waals surface area contributed by atoms with Crippen LogP contribution in [0.15, 0.2) is 0 Å². The molecule has 0 amide bonds. The van der Waals surface area contributed by atoms with Crippen molar-refractivity contribution in [3.05, 3.63) is 0 Å². The molecular weight excluding hydrogens is 188 g/mol. The highest BCUT2D eigenvalue weighted by Crippen LogP contribution is 2.08. The maximum Gasteiger partial charge on any atom is 0.0990 e. The Morgan fingerprint density at radius 1 is 0.733 bits per heavy atom. The van der Waals surface area contributed by atoms with Gasteiger partial charge >= 0.3 is 0 Å². The normalized spacial score (nSPS) is 24.8. The lowest BCUT2D eigenvalue weighted by Gasteiger charge is -2.26. The quantitative estimate of drug-likeness (QED) is 0.643. The van der Waals surface area contributed by atoms with Crippen LogP contribution < -0.4 is 0 Å². The minimum absolute atomic E-state index is 0.855. The van der Waals surface area contributed by atoms with Crippen molar-refractivity contribution in [3.63, 3.8) is 0 Å². The van der Waals surface area contributed by atoms with E-state index in [2.05, 4.69) is 9.80 Å². The number of nitrogens with zero attached hydrogens (tertiary/aromatic N) is 2. The predicted octanol–water partition coefficient (Wildman–Crippen LogP) is 1.54. The number of hydrogen-bond acceptors (Lipinski definition) is 3. The van der Waals surface area contributed by atoms with E-state index in [-0.39, 0.29) is 0 Å². The van der Waals surface area contributed by atoms with Crippen molar-refractivity contribution in [2.45, 2.75) is 32.1 Å². The average Bonchev–Trinajstić information content (AvgIpc) is 2.79. The van der Waals surface area contributed by atoms with Gasteiger partial charge in [-0.1, -0.05) is 6.42 Å². The first-order valence-electron chi connectivity index (χ1n) is 6.47. The van der Waals surface area contributed by atoms with Crippen LogP contribution in [0.2, 0.25) is 0 Å². The molecule has 2 aliphatic heterocycles. The molecule has 2 aliphatic rings. The van der Waals surface area contributed by atoms with Crippen LogP contribution in [0.5, 0.6) is 0 Å². The van der Waals surface area contributed by atoms with E-state index in [1.54, 1.807) is 0 Å². The van der Waals surface area contributed by atoms with Gasteiger partial charge in [-0.2, -0.15) is 0 Å². The zero-order valence-corrected chi connectivity index (χ0v) is 9.79. The summed E-state index contributed by atoms with van der Waals surface area (Å²) >= 11 is 0. The SMILES string of the molecule is C1CCN(COCCN2CCCC2)CC1. The smallest absolute Gasteiger partial charge is 0.0990 e. The van der Waals surface area contributed by atoms with Gasteiger partial charge in [-0.3, -0.25) is 4.90 Å². The van der Waals surface area contributed by atoms with E-state index in [9.17, 15) is 0 Å². The second-order valence-corrected chi connectivity index (χ2v) is 4.76. The van der Waals surface area contributed by atoms with Gasteiger partial charge in [0.1, 0.15) is 0 Å². The standard InChI is InChI=1S/C12H24N2O/c1-2-8-14(9-3-1)12-15-11-10-13-6-4-5-7-13/h1-12H2. The van der Waals surface area contributed by atoms with Crippen molar-refractivity contribution in [1.82, 2.24) is 9.80 Å². The van der Waals surface area contributed by atoms with E-state index in [1.807, 2.05) is 0 Å². The summed E-state index contributed by atoms with van der Waals surface area (Å²) in [4.78, 5) is 4.95. The highest BCUT2D eigenvalue weighted by molar-refractivity contribution is 4.65. The monoisotopic (exact) mass is 212 g/mol. The summed E-state index contributed by atoms with van der Waals surface area (Å²) in [7, 11) is 0. The molecule has 3 heteroatoms. The summed E-state index contributed by atoms with van der Waals surface area (Å²) in [6.45, 7) is 7.95. The van der Waals surface area contributed by atoms with Gasteiger partial charge in [-0.15, -0.1) is 0 Å². The van der Waals surface area contributed by atoms with Gasteiger partial charge in [0.25, 0.3) is 0 Å². The van der Waals surface area contributed by atoms with Gasteiger partial charge in [0.2, 0.25) is 0 Å². The van der Waals surface area contributed by atoms with E-state index >= 15 is 0 Å². The summed E-state index contributed by atoms with van der Waals surface area (Å²) in [6.07, 6.45) is 6.88. The Kier molecular flexibility index (Phi) is 4.90. The van der Waals surface area contributed by atoms with Crippen LogP contribution in [0.1, 0.15) is 32.1 Å². The van der Waals surface area contributed by atoms with E-state index in [1.165, 1.54) is 58.3 Å². The molecule has 3 nitrogen and oxygen atoms in total. The van der Waals surface area contributed by atoms with Gasteiger partial charge in [-0.05, 0) is 38.8 Å². The molecule has 0 spiro atoms. The van der Waals surface area contributed by atoms with Crippen molar-refractivity contribution in [2.75, 3.05) is 46.1 Å². The number of likely N-dealkylation sites (tertiary alicyclic amines) is 2. The largest absolute Gasteiger partial charge is 0.365 e. The van der Waals surface area contributed by atoms with Gasteiger partial charge in [0.15, 0.2) is 0 Å². The molecule has 0 unspecified atom stereocenters. The number of hydrogen-bond donors (Lipinski definition) is 0. The van der Waals surface area contributed by atoms with Gasteiger partial charge in [0.05, 0.1) is 13.3 Å². The van der Waals surface area contributed by atoms with E-state index in [4.69, 9.17) is 4.74 Å². The van der Waals surface area contributed by atoms with Crippen molar-refractivity contribution in [1.29, 1.82) is 0 Å². The minimum atomic E-state index is 0.855. The molecule has 2 heterocycles. The highest BCUT2D eigenvalue weighted by Gasteiger charge is 2.12. The molecule has 0 bridgehead atoms. The van der Waals surface area contributed by atoms with Crippen LogP contribution in [-0.4, -0.2) is 55.9 Å². The van der Waals surface area contributed by atoms with E-state index in [0.29, 0.717) is 0 Å². The van der Waals surface area contributed by atoms with Crippen molar-refractivity contribution in [2.24, 2.45) is 0 Å². The second kappa shape index (κ2) is 6.46. The van der Waals surface area contributed by atoms with Crippen LogP contribution in [-0.2, 0) is 4.74 Å². The molecule has 0 radical (unpaired) electrons. The molecule has 0 aromatic carbocycles. The maximum atomic E-state index is 5.72. The molecule has 0 atom stereocenters. The van der Waals surface area contributed by atoms with E-state index in [0.717, 1.165) is 19.9 Å². The molecule has 0 aromatic rings. The fourth-order valence-electron chi connectivity index (χ4n) is 2.48. The Morgan fingerprint density at radius 3 is 2.07 bits per heavy atom. The third kappa shape index (κ3) is 4.09. The second-order valence-electron chi connectivity index (χ2n) is 4.76. The highest BCUT2D eigenvalue weighted by atomic mass is 16.5. The molecular formula is C12H24N2O. The fourth-order valence-corrected chi connectivity index (χ4v) is 2.48. The topological polar surface area (TPSA) is 15.7 Å². The first-order valence-corrected chi connectivity index (χ1v) is 6.47. The summed E-state index contributed by atoms with van der Waals surface area (Å²) < 4.78 is 5.72. The molecule has 2 rings (SSSR count). The lowest BCUT2D eigenvalue weighted by Crippen LogP contribution is -2.33. The Hall–Kier alpha value is -0.120. The molecule has 0 saturated carbocycles. The number of ether oxygens (including phenoxy) is 1. The van der Waals surface area contributed by atoms with Crippen molar-refractivity contribution in [3.8, 4) is 0 Å². The minimum Gasteiger partial charge on any atom is -0.365 e. The number of piperidine rings is 1. The fraction of sp³-hybridized carbons (Fsp3) is 1.00. The Morgan fingerprint density at radius 2 is 1.33 bits per heavy atom. The van der Waals surface area contributed by atoms with Crippen LogP contribution >= 0.6 is 0 Å². The van der Waals surface area contributed by atoms with Gasteiger partial charge < -0.3 is 9.64 Å². The Balaban J connectivity index is 1.47. The zero-order chi connectivity index (χ0) is 10.3. The zero-order valence-electron chi connectivity index (χ0n) is 9.79. The molecule has 2 saturated heterocycles. The average molecular weight is 212 g/mol. The first kappa shape index (κ1) is 11.4. The van der Waals surface area contributed by atoms with Crippen LogP contribution in [0.25, 0.3) is 0 Å². The Bertz CT molecular complexity index is 163. The molecule has 2 fully saturated rings. The summed E-state index contributed by atoms with van der Waals surface area (Å²) in [6, 6.07) is 0. The van der Waals surface area contributed by atoms with Gasteiger partial charge in [0, 0.05) is 19.6 Å². The number of rotatable bonds is 5. The lowest BCUT2D eigenvalue weighted by atomic mass is 10.1. The molecule has 0 aliphatic carbocycles. The van der Waals surface area contributed by atoms with E-state index < -0.39 is 0 Å². The third-order valence-electron chi connectivity index (χ3n) is 3.47. The molecule has 0 N–H and O–H groups in total. The van der Waals surface area contributed by atoms with Crippen molar-refractivity contribution < 1.29 is 4.74 Å². The lowest BCUT2D eigenvalue weighted by molar-refractivity contribution is 0.0117. The van der Waals surface area contributed by atoms with Crippen molar-refractivity contribution >= 4 is 0 Å². The predicted molar refractivity (Wildman–Crippen MR) is 61.9 cm³/mol. The first-order chi connectivity index (χ1) is 7.45. The Labute approximate surface area is 93.4 Å². The molecule has 0 aromatic heterocycles. The summed E-state index contributed by atoms with van der Waals surface area (Å²) in [5.74, 6) is 0. The van der Waals surface area contributed by atoms with Crippen LogP contribution in [0, 0.1) is 0 Å². The third-order valence-corrected chi connectivity index (χ3v) is 3.47. The summed E-state index contributed by atoms with van der Waals surface area (Å²) in [5, 5.41) is 0. The van der Waals surface area contributed by atoms with Crippen LogP contribution in [0.4, 0.5) is 0 Å². The molecule has 88 valence electrons.